The molecular weight excluding hydrogens is 362 g/mol. The Morgan fingerprint density at radius 2 is 1.72 bits per heavy atom. The van der Waals surface area contributed by atoms with Crippen LogP contribution in [-0.4, -0.2) is 20.1 Å². The first-order valence-electron chi connectivity index (χ1n) is 9.82. The molecule has 0 spiro atoms. The second-order valence-electron chi connectivity index (χ2n) is 7.92. The Balaban J connectivity index is 1.90. The monoisotopic (exact) mass is 387 g/mol. The van der Waals surface area contributed by atoms with E-state index in [9.17, 15) is 5.11 Å². The first kappa shape index (κ1) is 19.0. The number of benzene rings is 3. The van der Waals surface area contributed by atoms with Crippen molar-refractivity contribution in [1.29, 1.82) is 0 Å². The van der Waals surface area contributed by atoms with Crippen LogP contribution in [0.15, 0.2) is 60.7 Å². The van der Waals surface area contributed by atoms with Crippen molar-refractivity contribution in [2.24, 2.45) is 0 Å². The summed E-state index contributed by atoms with van der Waals surface area (Å²) in [6, 6.07) is 19.2. The summed E-state index contributed by atoms with van der Waals surface area (Å²) < 4.78 is 6.09. The quantitative estimate of drug-likeness (QED) is 0.462. The molecule has 0 aliphatic rings. The molecule has 4 rings (SSSR count). The van der Waals surface area contributed by atoms with E-state index in [4.69, 9.17) is 4.74 Å². The van der Waals surface area contributed by atoms with E-state index in [1.54, 1.807) is 6.07 Å². The number of hydrogen-bond acceptors (Lipinski definition) is 4. The lowest BCUT2D eigenvalue weighted by Gasteiger charge is -2.26. The van der Waals surface area contributed by atoms with Gasteiger partial charge >= 0.3 is 0 Å². The van der Waals surface area contributed by atoms with Crippen LogP contribution < -0.4 is 4.74 Å². The van der Waals surface area contributed by atoms with Crippen molar-refractivity contribution in [3.63, 3.8) is 0 Å². The average molecular weight is 387 g/mol. The van der Waals surface area contributed by atoms with E-state index in [-0.39, 0.29) is 11.2 Å². The van der Waals surface area contributed by atoms with Crippen LogP contribution >= 0.6 is 0 Å². The predicted octanol–water partition coefficient (Wildman–Crippen LogP) is 5.91. The zero-order valence-corrected chi connectivity index (χ0v) is 17.2. The summed E-state index contributed by atoms with van der Waals surface area (Å²) in [6.45, 7) is 8.32. The highest BCUT2D eigenvalue weighted by molar-refractivity contribution is 5.77. The molecule has 0 aliphatic heterocycles. The van der Waals surface area contributed by atoms with Crippen LogP contribution in [-0.2, 0) is 5.41 Å². The minimum Gasteiger partial charge on any atom is -0.505 e. The van der Waals surface area contributed by atoms with Crippen LogP contribution in [0, 0.1) is 6.92 Å². The van der Waals surface area contributed by atoms with E-state index in [1.165, 1.54) is 4.80 Å². The summed E-state index contributed by atoms with van der Waals surface area (Å²) in [5.74, 6) is 1.55. The van der Waals surface area contributed by atoms with Crippen molar-refractivity contribution in [2.45, 2.75) is 39.5 Å². The van der Waals surface area contributed by atoms with Crippen molar-refractivity contribution in [1.82, 2.24) is 15.0 Å². The number of hydrogen-bond donors (Lipinski definition) is 1. The Hall–Kier alpha value is -3.34. The molecule has 0 amide bonds. The fourth-order valence-electron chi connectivity index (χ4n) is 3.32. The molecule has 0 saturated heterocycles. The molecule has 1 aromatic heterocycles. The van der Waals surface area contributed by atoms with Crippen LogP contribution in [0.1, 0.15) is 38.3 Å². The maximum absolute atomic E-state index is 11.1. The molecule has 0 aliphatic carbocycles. The molecule has 148 valence electrons. The number of phenolic OH excluding ortho intramolecular Hbond substituents is 1. The van der Waals surface area contributed by atoms with Crippen molar-refractivity contribution in [2.75, 3.05) is 0 Å². The van der Waals surface area contributed by atoms with Gasteiger partial charge in [-0.2, -0.15) is 0 Å². The molecule has 0 saturated carbocycles. The number of para-hydroxylation sites is 1. The maximum atomic E-state index is 11.1. The van der Waals surface area contributed by atoms with Gasteiger partial charge in [0, 0.05) is 11.6 Å². The van der Waals surface area contributed by atoms with E-state index in [0.717, 1.165) is 34.3 Å². The summed E-state index contributed by atoms with van der Waals surface area (Å²) in [5, 5.41) is 20.4. The fourth-order valence-corrected chi connectivity index (χ4v) is 3.32. The third kappa shape index (κ3) is 3.56. The normalized spacial score (nSPS) is 11.7. The first-order valence-corrected chi connectivity index (χ1v) is 9.82. The zero-order valence-electron chi connectivity index (χ0n) is 17.2. The molecule has 0 radical (unpaired) electrons. The third-order valence-corrected chi connectivity index (χ3v) is 5.48. The zero-order chi connectivity index (χ0) is 20.6. The van der Waals surface area contributed by atoms with Crippen LogP contribution in [0.25, 0.3) is 16.7 Å². The molecule has 0 fully saturated rings. The number of aryl methyl sites for hydroxylation is 1. The lowest BCUT2D eigenvalue weighted by molar-refractivity contribution is 0.416. The molecular formula is C24H25N3O2. The van der Waals surface area contributed by atoms with Gasteiger partial charge in [-0.3, -0.25) is 0 Å². The van der Waals surface area contributed by atoms with Crippen LogP contribution in [0.4, 0.5) is 0 Å². The number of ether oxygens (including phenoxy) is 1. The molecule has 0 atom stereocenters. The summed E-state index contributed by atoms with van der Waals surface area (Å²) in [4.78, 5) is 1.50. The van der Waals surface area contributed by atoms with Crippen molar-refractivity contribution >= 4 is 11.0 Å². The smallest absolute Gasteiger partial charge is 0.147 e. The number of fused-ring (bicyclic) bond motifs is 1. The molecule has 0 bridgehead atoms. The molecule has 1 heterocycles. The van der Waals surface area contributed by atoms with E-state index in [2.05, 4.69) is 31.0 Å². The van der Waals surface area contributed by atoms with E-state index >= 15 is 0 Å². The van der Waals surface area contributed by atoms with Gasteiger partial charge in [-0.1, -0.05) is 51.1 Å². The Morgan fingerprint density at radius 3 is 2.41 bits per heavy atom. The van der Waals surface area contributed by atoms with Gasteiger partial charge in [0.2, 0.25) is 0 Å². The molecule has 3 aromatic carbocycles. The fraction of sp³-hybridized carbons (Fsp3) is 0.250. The lowest BCUT2D eigenvalue weighted by Crippen LogP contribution is -2.17. The van der Waals surface area contributed by atoms with Gasteiger partial charge in [-0.25, -0.2) is 0 Å². The molecule has 5 nitrogen and oxygen atoms in total. The second-order valence-corrected chi connectivity index (χ2v) is 7.92. The molecule has 0 unspecified atom stereocenters. The van der Waals surface area contributed by atoms with Crippen molar-refractivity contribution in [3.8, 4) is 22.9 Å². The highest BCUT2D eigenvalue weighted by Crippen LogP contribution is 2.41. The molecule has 5 heteroatoms. The van der Waals surface area contributed by atoms with Gasteiger partial charge in [-0.05, 0) is 48.6 Å². The minimum absolute atomic E-state index is 0.176. The van der Waals surface area contributed by atoms with Crippen molar-refractivity contribution in [3.05, 3.63) is 71.8 Å². The van der Waals surface area contributed by atoms with Gasteiger partial charge in [0.1, 0.15) is 34.0 Å². The van der Waals surface area contributed by atoms with Gasteiger partial charge < -0.3 is 9.84 Å². The number of aromatic hydroxyl groups is 1. The maximum Gasteiger partial charge on any atom is 0.147 e. The number of phenols is 1. The Kier molecular flexibility index (Phi) is 4.74. The van der Waals surface area contributed by atoms with E-state index in [1.807, 2.05) is 61.5 Å². The number of rotatable bonds is 5. The summed E-state index contributed by atoms with van der Waals surface area (Å²) in [5.41, 5.74) is 3.72. The highest BCUT2D eigenvalue weighted by Gasteiger charge is 2.26. The van der Waals surface area contributed by atoms with Crippen LogP contribution in [0.3, 0.4) is 0 Å². The minimum atomic E-state index is -0.239. The van der Waals surface area contributed by atoms with Gasteiger partial charge in [0.25, 0.3) is 0 Å². The van der Waals surface area contributed by atoms with E-state index < -0.39 is 0 Å². The second kappa shape index (κ2) is 7.24. The summed E-state index contributed by atoms with van der Waals surface area (Å²) in [6.07, 6.45) is 0.864. The lowest BCUT2D eigenvalue weighted by atomic mass is 9.81. The predicted molar refractivity (Wildman–Crippen MR) is 115 cm³/mol. The third-order valence-electron chi connectivity index (χ3n) is 5.48. The topological polar surface area (TPSA) is 60.2 Å². The first-order chi connectivity index (χ1) is 13.9. The van der Waals surface area contributed by atoms with E-state index in [0.29, 0.717) is 11.4 Å². The largest absolute Gasteiger partial charge is 0.505 e. The Labute approximate surface area is 170 Å². The number of nitrogens with zero attached hydrogens (tertiary/aromatic N) is 3. The standard InChI is InChI=1S/C24H25N3O2/c1-5-24(3,4)19-14-18(29-17-11-7-6-8-12-17)15-21(23(19)28)27-25-20-13-9-10-16(2)22(20)26-27/h6-15,28H,5H2,1-4H3. The van der Waals surface area contributed by atoms with Crippen LogP contribution in [0.2, 0.25) is 0 Å². The summed E-state index contributed by atoms with van der Waals surface area (Å²) >= 11 is 0. The van der Waals surface area contributed by atoms with Gasteiger partial charge in [0.05, 0.1) is 0 Å². The summed E-state index contributed by atoms with van der Waals surface area (Å²) in [7, 11) is 0. The van der Waals surface area contributed by atoms with Crippen molar-refractivity contribution < 1.29 is 9.84 Å². The van der Waals surface area contributed by atoms with Gasteiger partial charge in [0.15, 0.2) is 0 Å². The Bertz CT molecular complexity index is 1160. The Morgan fingerprint density at radius 1 is 0.966 bits per heavy atom. The average Bonchev–Trinajstić information content (AvgIpc) is 3.15. The number of aromatic nitrogens is 3. The van der Waals surface area contributed by atoms with Gasteiger partial charge in [-0.15, -0.1) is 15.0 Å². The molecule has 29 heavy (non-hydrogen) atoms. The highest BCUT2D eigenvalue weighted by atomic mass is 16.5. The molecule has 4 aromatic rings. The SMILES string of the molecule is CCC(C)(C)c1cc(Oc2ccccc2)cc(-n2nc3cccc(C)c3n2)c1O. The van der Waals surface area contributed by atoms with Crippen LogP contribution in [0.5, 0.6) is 17.2 Å². The molecule has 1 N–H and O–H groups in total.